The molecule has 2 aromatic carbocycles. The highest BCUT2D eigenvalue weighted by atomic mass is 16.3. The number of amides is 2. The lowest BCUT2D eigenvalue weighted by Crippen LogP contribution is -2.42. The lowest BCUT2D eigenvalue weighted by Gasteiger charge is -2.34. The Morgan fingerprint density at radius 2 is 1.79 bits per heavy atom. The van der Waals surface area contributed by atoms with Gasteiger partial charge in [-0.1, -0.05) is 38.5 Å². The van der Waals surface area contributed by atoms with Crippen LogP contribution in [-0.2, 0) is 4.79 Å². The molecule has 2 heterocycles. The molecule has 0 radical (unpaired) electrons. The fraction of sp³-hybridized carbons (Fsp3) is 0.464. The molecule has 0 unspecified atom stereocenters. The van der Waals surface area contributed by atoms with Crippen LogP contribution in [0, 0.1) is 24.7 Å². The van der Waals surface area contributed by atoms with Crippen LogP contribution >= 0.6 is 0 Å². The maximum absolute atomic E-state index is 13.2. The third kappa shape index (κ3) is 5.49. The molecule has 1 saturated heterocycles. The Morgan fingerprint density at radius 1 is 1.09 bits per heavy atom. The Kier molecular flexibility index (Phi) is 7.35. The van der Waals surface area contributed by atoms with Crippen molar-refractivity contribution in [3.8, 4) is 11.5 Å². The lowest BCUT2D eigenvalue weighted by atomic mass is 9.84. The molecule has 1 N–H and O–H groups in total. The van der Waals surface area contributed by atoms with E-state index in [1.54, 1.807) is 0 Å². The highest BCUT2D eigenvalue weighted by Crippen LogP contribution is 2.28. The molecule has 34 heavy (non-hydrogen) atoms. The van der Waals surface area contributed by atoms with Crippen LogP contribution < -0.4 is 5.32 Å². The van der Waals surface area contributed by atoms with Crippen molar-refractivity contribution in [3.05, 3.63) is 53.6 Å². The standard InChI is InChI=1S/C28H35N3O3/c1-18(2)11-14-29-26(32)20(4)21-12-15-31(16-13-21)28(33)23-9-10-25-24(17-23)30-27(34-25)22-7-5-19(3)6-8-22/h5-10,17-18,20-21H,11-16H2,1-4H3,(H,29,32)/t20-/m0/s1. The summed E-state index contributed by atoms with van der Waals surface area (Å²) >= 11 is 0. The van der Waals surface area contributed by atoms with Gasteiger partial charge in [-0.15, -0.1) is 0 Å². The minimum atomic E-state index is -0.0314. The number of nitrogens with zero attached hydrogens (tertiary/aromatic N) is 2. The summed E-state index contributed by atoms with van der Waals surface area (Å²) in [4.78, 5) is 32.2. The number of aryl methyl sites for hydroxylation is 1. The maximum atomic E-state index is 13.2. The van der Waals surface area contributed by atoms with Gasteiger partial charge in [0.2, 0.25) is 11.8 Å². The van der Waals surface area contributed by atoms with Gasteiger partial charge in [0.25, 0.3) is 5.91 Å². The van der Waals surface area contributed by atoms with Crippen LogP contribution in [0.3, 0.4) is 0 Å². The van der Waals surface area contributed by atoms with Gasteiger partial charge >= 0.3 is 0 Å². The second-order valence-corrected chi connectivity index (χ2v) is 9.96. The monoisotopic (exact) mass is 461 g/mol. The summed E-state index contributed by atoms with van der Waals surface area (Å²) in [6.07, 6.45) is 2.68. The molecule has 0 saturated carbocycles. The van der Waals surface area contributed by atoms with E-state index in [2.05, 4.69) is 24.1 Å². The zero-order valence-corrected chi connectivity index (χ0v) is 20.6. The van der Waals surface area contributed by atoms with E-state index >= 15 is 0 Å². The van der Waals surface area contributed by atoms with Crippen LogP contribution in [0.4, 0.5) is 0 Å². The Morgan fingerprint density at radius 3 is 2.47 bits per heavy atom. The highest BCUT2D eigenvalue weighted by molar-refractivity contribution is 5.97. The fourth-order valence-electron chi connectivity index (χ4n) is 4.52. The number of rotatable bonds is 7. The van der Waals surface area contributed by atoms with E-state index < -0.39 is 0 Å². The predicted octanol–water partition coefficient (Wildman–Crippen LogP) is 5.45. The number of aromatic nitrogens is 1. The van der Waals surface area contributed by atoms with Gasteiger partial charge in [0.05, 0.1) is 0 Å². The second-order valence-electron chi connectivity index (χ2n) is 9.96. The molecule has 2 amide bonds. The molecule has 180 valence electrons. The van der Waals surface area contributed by atoms with E-state index in [1.807, 2.05) is 61.2 Å². The van der Waals surface area contributed by atoms with Crippen molar-refractivity contribution < 1.29 is 14.0 Å². The topological polar surface area (TPSA) is 75.4 Å². The molecular weight excluding hydrogens is 426 g/mol. The van der Waals surface area contributed by atoms with Crippen LogP contribution in [0.15, 0.2) is 46.9 Å². The Bertz CT molecular complexity index is 1140. The molecule has 1 aliphatic heterocycles. The number of fused-ring (bicyclic) bond motifs is 1. The summed E-state index contributed by atoms with van der Waals surface area (Å²) in [5.74, 6) is 1.55. The van der Waals surface area contributed by atoms with Crippen molar-refractivity contribution in [3.63, 3.8) is 0 Å². The molecule has 0 spiro atoms. The van der Waals surface area contributed by atoms with E-state index in [9.17, 15) is 9.59 Å². The molecule has 6 nitrogen and oxygen atoms in total. The van der Waals surface area contributed by atoms with Crippen molar-refractivity contribution in [2.24, 2.45) is 17.8 Å². The first-order chi connectivity index (χ1) is 16.3. The molecule has 0 bridgehead atoms. The molecule has 6 heteroatoms. The van der Waals surface area contributed by atoms with Gasteiger partial charge < -0.3 is 14.6 Å². The van der Waals surface area contributed by atoms with E-state index in [-0.39, 0.29) is 17.7 Å². The van der Waals surface area contributed by atoms with E-state index in [4.69, 9.17) is 4.42 Å². The van der Waals surface area contributed by atoms with Crippen LogP contribution in [0.25, 0.3) is 22.6 Å². The van der Waals surface area contributed by atoms with Crippen molar-refractivity contribution in [1.82, 2.24) is 15.2 Å². The number of piperidine rings is 1. The summed E-state index contributed by atoms with van der Waals surface area (Å²) < 4.78 is 5.90. The first-order valence-corrected chi connectivity index (χ1v) is 12.4. The molecular formula is C28H35N3O3. The average Bonchev–Trinajstić information content (AvgIpc) is 3.26. The zero-order chi connectivity index (χ0) is 24.2. The summed E-state index contributed by atoms with van der Waals surface area (Å²) in [6.45, 7) is 10.4. The van der Waals surface area contributed by atoms with Crippen molar-refractivity contribution in [1.29, 1.82) is 0 Å². The molecule has 1 aliphatic rings. The molecule has 1 aromatic heterocycles. The minimum Gasteiger partial charge on any atom is -0.436 e. The first kappa shape index (κ1) is 24.0. The first-order valence-electron chi connectivity index (χ1n) is 12.4. The van der Waals surface area contributed by atoms with Crippen molar-refractivity contribution in [2.45, 2.75) is 47.0 Å². The SMILES string of the molecule is Cc1ccc(-c2nc3cc(C(=O)N4CCC([C@H](C)C(=O)NCCC(C)C)CC4)ccc3o2)cc1. The molecule has 3 aromatic rings. The van der Waals surface area contributed by atoms with E-state index in [0.29, 0.717) is 47.5 Å². The van der Waals surface area contributed by atoms with Crippen molar-refractivity contribution >= 4 is 22.9 Å². The summed E-state index contributed by atoms with van der Waals surface area (Å²) in [6, 6.07) is 13.5. The minimum absolute atomic E-state index is 0.00859. The van der Waals surface area contributed by atoms with Gasteiger partial charge in [-0.3, -0.25) is 9.59 Å². The third-order valence-electron chi connectivity index (χ3n) is 6.90. The lowest BCUT2D eigenvalue weighted by molar-refractivity contribution is -0.126. The summed E-state index contributed by atoms with van der Waals surface area (Å²) in [5, 5.41) is 3.07. The smallest absolute Gasteiger partial charge is 0.253 e. The number of carbonyl (C=O) groups excluding carboxylic acids is 2. The fourth-order valence-corrected chi connectivity index (χ4v) is 4.52. The van der Waals surface area contributed by atoms with Gasteiger partial charge in [-0.2, -0.15) is 0 Å². The third-order valence-corrected chi connectivity index (χ3v) is 6.90. The van der Waals surface area contributed by atoms with Gasteiger partial charge in [0.15, 0.2) is 5.58 Å². The van der Waals surface area contributed by atoms with Crippen LogP contribution in [0.2, 0.25) is 0 Å². The second kappa shape index (κ2) is 10.4. The largest absolute Gasteiger partial charge is 0.436 e. The normalized spacial score (nSPS) is 15.6. The highest BCUT2D eigenvalue weighted by Gasteiger charge is 2.30. The molecule has 0 aliphatic carbocycles. The quantitative estimate of drug-likeness (QED) is 0.507. The van der Waals surface area contributed by atoms with Crippen LogP contribution in [0.1, 0.15) is 56.0 Å². The average molecular weight is 462 g/mol. The molecule has 4 rings (SSSR count). The van der Waals surface area contributed by atoms with Gasteiger partial charge in [0, 0.05) is 36.7 Å². The van der Waals surface area contributed by atoms with E-state index in [0.717, 1.165) is 31.4 Å². The van der Waals surface area contributed by atoms with Crippen molar-refractivity contribution in [2.75, 3.05) is 19.6 Å². The Hall–Kier alpha value is -3.15. The number of hydrogen-bond donors (Lipinski definition) is 1. The van der Waals surface area contributed by atoms with Crippen LogP contribution in [0.5, 0.6) is 0 Å². The van der Waals surface area contributed by atoms with E-state index in [1.165, 1.54) is 5.56 Å². The zero-order valence-electron chi connectivity index (χ0n) is 20.6. The Balaban J connectivity index is 1.36. The van der Waals surface area contributed by atoms with Gasteiger partial charge in [0.1, 0.15) is 5.52 Å². The number of hydrogen-bond acceptors (Lipinski definition) is 4. The number of likely N-dealkylation sites (tertiary alicyclic amines) is 1. The maximum Gasteiger partial charge on any atom is 0.253 e. The predicted molar refractivity (Wildman–Crippen MR) is 134 cm³/mol. The van der Waals surface area contributed by atoms with Gasteiger partial charge in [-0.05, 0) is 68.4 Å². The molecule has 1 fully saturated rings. The summed E-state index contributed by atoms with van der Waals surface area (Å²) in [5.41, 5.74) is 4.07. The Labute approximate surface area is 201 Å². The number of carbonyl (C=O) groups is 2. The number of nitrogens with one attached hydrogen (secondary N) is 1. The van der Waals surface area contributed by atoms with Crippen LogP contribution in [-0.4, -0.2) is 41.3 Å². The molecule has 1 atom stereocenters. The van der Waals surface area contributed by atoms with Gasteiger partial charge in [-0.25, -0.2) is 4.98 Å². The summed E-state index contributed by atoms with van der Waals surface area (Å²) in [7, 11) is 0. The number of benzene rings is 2. The number of oxazole rings is 1.